The third-order valence-corrected chi connectivity index (χ3v) is 3.31. The molecule has 0 aliphatic heterocycles. The van der Waals surface area contributed by atoms with E-state index in [0.29, 0.717) is 17.5 Å². The van der Waals surface area contributed by atoms with Gasteiger partial charge >= 0.3 is 5.51 Å². The molecule has 114 valence electrons. The molecular weight excluding hydrogens is 289 g/mol. The van der Waals surface area contributed by atoms with E-state index in [1.165, 1.54) is 0 Å². The van der Waals surface area contributed by atoms with Gasteiger partial charge in [-0.05, 0) is 18.7 Å². The van der Waals surface area contributed by atoms with E-state index in [1.54, 1.807) is 7.05 Å². The summed E-state index contributed by atoms with van der Waals surface area (Å²) in [4.78, 5) is 8.73. The lowest BCUT2D eigenvalue weighted by Crippen LogP contribution is -2.14. The number of hydrogen-bond acceptors (Lipinski definition) is 5. The first-order chi connectivity index (χ1) is 9.24. The maximum atomic E-state index is 12.0. The van der Waals surface area contributed by atoms with Crippen LogP contribution in [0.15, 0.2) is 0 Å². The van der Waals surface area contributed by atoms with Crippen LogP contribution in [0.1, 0.15) is 31.2 Å². The average Bonchev–Trinajstić information content (AvgIpc) is 2.34. The number of aromatic nitrogens is 2. The van der Waals surface area contributed by atoms with Crippen molar-refractivity contribution in [2.75, 3.05) is 30.0 Å². The molecule has 0 atom stereocenters. The Kier molecular flexibility index (Phi) is 5.91. The maximum Gasteiger partial charge on any atom is 0.441 e. The summed E-state index contributed by atoms with van der Waals surface area (Å²) in [7, 11) is 1.75. The number of hydrogen-bond donors (Lipinski definition) is 2. The van der Waals surface area contributed by atoms with Crippen LogP contribution in [-0.2, 0) is 0 Å². The van der Waals surface area contributed by atoms with E-state index >= 15 is 0 Å². The Hall–Kier alpha value is -1.18. The van der Waals surface area contributed by atoms with Crippen LogP contribution in [-0.4, -0.2) is 34.8 Å². The first-order valence-corrected chi connectivity index (χ1v) is 7.24. The summed E-state index contributed by atoms with van der Waals surface area (Å²) in [6.07, 6.45) is 0. The number of alkyl halides is 3. The number of nitrogens with zero attached hydrogens (tertiary/aromatic N) is 2. The molecule has 8 heteroatoms. The maximum absolute atomic E-state index is 12.0. The van der Waals surface area contributed by atoms with Gasteiger partial charge in [0.05, 0.1) is 0 Å². The predicted octanol–water partition coefficient (Wildman–Crippen LogP) is 3.62. The van der Waals surface area contributed by atoms with Crippen LogP contribution in [0, 0.1) is 6.92 Å². The fraction of sp³-hybridized carbons (Fsp3) is 0.667. The van der Waals surface area contributed by atoms with Gasteiger partial charge < -0.3 is 10.6 Å². The fourth-order valence-electron chi connectivity index (χ4n) is 1.54. The standard InChI is InChI=1S/C12H19F3N4S/c1-7(2)9-18-10(16-4)8(3)11(19-9)17-5-6-20-12(13,14)15/h7H,5-6H2,1-4H3,(H2,16,17,18,19). The van der Waals surface area contributed by atoms with Crippen molar-refractivity contribution < 1.29 is 13.2 Å². The fourth-order valence-corrected chi connectivity index (χ4v) is 1.98. The van der Waals surface area contributed by atoms with Gasteiger partial charge in [-0.2, -0.15) is 13.2 Å². The molecule has 1 rings (SSSR count). The molecule has 0 aliphatic carbocycles. The molecule has 0 radical (unpaired) electrons. The summed E-state index contributed by atoms with van der Waals surface area (Å²) in [6.45, 7) is 5.96. The second-order valence-electron chi connectivity index (χ2n) is 4.53. The van der Waals surface area contributed by atoms with Crippen molar-refractivity contribution in [2.24, 2.45) is 0 Å². The topological polar surface area (TPSA) is 49.8 Å². The third kappa shape index (κ3) is 5.07. The summed E-state index contributed by atoms with van der Waals surface area (Å²) in [5, 5.41) is 5.91. The van der Waals surface area contributed by atoms with Crippen molar-refractivity contribution in [3.8, 4) is 0 Å². The first kappa shape index (κ1) is 16.9. The van der Waals surface area contributed by atoms with Crippen LogP contribution in [0.5, 0.6) is 0 Å². The van der Waals surface area contributed by atoms with E-state index in [4.69, 9.17) is 0 Å². The minimum absolute atomic E-state index is 0.0424. The van der Waals surface area contributed by atoms with E-state index in [9.17, 15) is 13.2 Å². The van der Waals surface area contributed by atoms with Crippen molar-refractivity contribution in [1.82, 2.24) is 9.97 Å². The van der Waals surface area contributed by atoms with Gasteiger partial charge in [0.15, 0.2) is 0 Å². The zero-order valence-corrected chi connectivity index (χ0v) is 12.7. The lowest BCUT2D eigenvalue weighted by atomic mass is 10.2. The molecule has 0 aliphatic rings. The second-order valence-corrected chi connectivity index (χ2v) is 5.69. The van der Waals surface area contributed by atoms with Crippen LogP contribution in [0.25, 0.3) is 0 Å². The molecule has 1 heterocycles. The quantitative estimate of drug-likeness (QED) is 0.786. The van der Waals surface area contributed by atoms with Gasteiger partial charge in [-0.15, -0.1) is 0 Å². The van der Waals surface area contributed by atoms with E-state index in [2.05, 4.69) is 20.6 Å². The van der Waals surface area contributed by atoms with Crippen molar-refractivity contribution in [3.63, 3.8) is 0 Å². The molecule has 0 saturated carbocycles. The largest absolute Gasteiger partial charge is 0.441 e. The zero-order chi connectivity index (χ0) is 15.3. The molecule has 2 N–H and O–H groups in total. The summed E-state index contributed by atoms with van der Waals surface area (Å²) < 4.78 is 36.1. The summed E-state index contributed by atoms with van der Waals surface area (Å²) in [5.41, 5.74) is -3.39. The summed E-state index contributed by atoms with van der Waals surface area (Å²) in [5.74, 6) is 2.02. The Morgan fingerprint density at radius 3 is 2.30 bits per heavy atom. The zero-order valence-electron chi connectivity index (χ0n) is 11.9. The first-order valence-electron chi connectivity index (χ1n) is 6.25. The molecule has 0 fully saturated rings. The van der Waals surface area contributed by atoms with E-state index < -0.39 is 5.51 Å². The van der Waals surface area contributed by atoms with Crippen molar-refractivity contribution in [3.05, 3.63) is 11.4 Å². The molecule has 1 aromatic rings. The normalized spacial score (nSPS) is 11.8. The van der Waals surface area contributed by atoms with E-state index in [0.717, 1.165) is 5.56 Å². The minimum Gasteiger partial charge on any atom is -0.373 e. The number of thioether (sulfide) groups is 1. The number of rotatable bonds is 6. The number of anilines is 2. The Morgan fingerprint density at radius 2 is 1.80 bits per heavy atom. The van der Waals surface area contributed by atoms with Crippen LogP contribution in [0.3, 0.4) is 0 Å². The van der Waals surface area contributed by atoms with E-state index in [1.807, 2.05) is 20.8 Å². The highest BCUT2D eigenvalue weighted by atomic mass is 32.2. The van der Waals surface area contributed by atoms with Gasteiger partial charge in [0, 0.05) is 30.8 Å². The van der Waals surface area contributed by atoms with E-state index in [-0.39, 0.29) is 30.0 Å². The Labute approximate surface area is 121 Å². The van der Waals surface area contributed by atoms with Gasteiger partial charge in [0.1, 0.15) is 17.5 Å². The van der Waals surface area contributed by atoms with Gasteiger partial charge in [-0.1, -0.05) is 13.8 Å². The summed E-state index contributed by atoms with van der Waals surface area (Å²) >= 11 is -0.0424. The molecule has 0 saturated heterocycles. The minimum atomic E-state index is -4.19. The number of nitrogens with one attached hydrogen (secondary N) is 2. The highest BCUT2D eigenvalue weighted by Crippen LogP contribution is 2.30. The number of halogens is 3. The Balaban J connectivity index is 2.75. The molecular formula is C12H19F3N4S. The lowest BCUT2D eigenvalue weighted by Gasteiger charge is -2.15. The highest BCUT2D eigenvalue weighted by molar-refractivity contribution is 8.00. The molecule has 0 bridgehead atoms. The molecule has 1 aromatic heterocycles. The molecule has 0 amide bonds. The molecule has 4 nitrogen and oxygen atoms in total. The van der Waals surface area contributed by atoms with Crippen molar-refractivity contribution in [2.45, 2.75) is 32.2 Å². The van der Waals surface area contributed by atoms with Crippen LogP contribution < -0.4 is 10.6 Å². The lowest BCUT2D eigenvalue weighted by molar-refractivity contribution is -0.0327. The monoisotopic (exact) mass is 308 g/mol. The third-order valence-electron chi connectivity index (χ3n) is 2.58. The average molecular weight is 308 g/mol. The SMILES string of the molecule is CNc1nc(C(C)C)nc(NCCSC(F)(F)F)c1C. The predicted molar refractivity (Wildman–Crippen MR) is 77.4 cm³/mol. The van der Waals surface area contributed by atoms with Gasteiger partial charge in [0.2, 0.25) is 0 Å². The molecule has 20 heavy (non-hydrogen) atoms. The van der Waals surface area contributed by atoms with Gasteiger partial charge in [-0.3, -0.25) is 0 Å². The smallest absolute Gasteiger partial charge is 0.373 e. The molecule has 0 unspecified atom stereocenters. The highest BCUT2D eigenvalue weighted by Gasteiger charge is 2.27. The second kappa shape index (κ2) is 7.01. The van der Waals surface area contributed by atoms with Crippen LogP contribution in [0.4, 0.5) is 24.8 Å². The molecule has 0 spiro atoms. The summed E-state index contributed by atoms with van der Waals surface area (Å²) in [6, 6.07) is 0. The van der Waals surface area contributed by atoms with Crippen molar-refractivity contribution in [1.29, 1.82) is 0 Å². The van der Waals surface area contributed by atoms with Gasteiger partial charge in [-0.25, -0.2) is 9.97 Å². The van der Waals surface area contributed by atoms with Crippen LogP contribution in [0.2, 0.25) is 0 Å². The van der Waals surface area contributed by atoms with Gasteiger partial charge in [0.25, 0.3) is 0 Å². The van der Waals surface area contributed by atoms with Crippen molar-refractivity contribution >= 4 is 23.4 Å². The molecule has 0 aromatic carbocycles. The Morgan fingerprint density at radius 1 is 1.20 bits per heavy atom. The Bertz CT molecular complexity index is 449. The van der Waals surface area contributed by atoms with Crippen LogP contribution >= 0.6 is 11.8 Å².